The number of benzene rings is 2. The number of nitro groups is 1. The molecule has 2 N–H and O–H groups in total. The molecule has 0 spiro atoms. The number of carbonyl (C=O) groups excluding carboxylic acids is 1. The van der Waals surface area contributed by atoms with Gasteiger partial charge in [-0.25, -0.2) is 4.98 Å². The van der Waals surface area contributed by atoms with Crippen LogP contribution in [0, 0.1) is 10.1 Å². The summed E-state index contributed by atoms with van der Waals surface area (Å²) in [6.45, 7) is 1.44. The molecule has 142 valence electrons. The lowest BCUT2D eigenvalue weighted by atomic mass is 10.0. The molecule has 1 heterocycles. The van der Waals surface area contributed by atoms with E-state index in [1.54, 1.807) is 30.4 Å². The van der Waals surface area contributed by atoms with Crippen molar-refractivity contribution in [1.82, 2.24) is 4.98 Å². The number of methoxy groups -OCH3 is 1. The highest BCUT2D eigenvalue weighted by atomic mass is 16.6. The molecule has 2 aromatic carbocycles. The van der Waals surface area contributed by atoms with Gasteiger partial charge in [0.25, 0.3) is 0 Å². The standard InChI is InChI=1S/C20H16N2O6/c1-11(23)14-7-8-17(24)19-15(14)6-5-13(21-19)4-3-12-9-16(22(26)27)20(25)18(10-12)28-2/h3-10,24-25H,1-2H3. The van der Waals surface area contributed by atoms with Crippen LogP contribution in [-0.4, -0.2) is 33.0 Å². The molecule has 28 heavy (non-hydrogen) atoms. The lowest BCUT2D eigenvalue weighted by molar-refractivity contribution is -0.386. The number of carbonyl (C=O) groups is 1. The van der Waals surface area contributed by atoms with E-state index in [1.165, 1.54) is 32.2 Å². The fourth-order valence-corrected chi connectivity index (χ4v) is 2.80. The second kappa shape index (κ2) is 7.36. The maximum Gasteiger partial charge on any atom is 0.315 e. The molecule has 1 aromatic heterocycles. The molecule has 0 saturated carbocycles. The first-order valence-corrected chi connectivity index (χ1v) is 8.19. The third-order valence-electron chi connectivity index (χ3n) is 4.18. The minimum Gasteiger partial charge on any atom is -0.506 e. The van der Waals surface area contributed by atoms with E-state index in [-0.39, 0.29) is 22.8 Å². The van der Waals surface area contributed by atoms with Gasteiger partial charge in [-0.15, -0.1) is 0 Å². The van der Waals surface area contributed by atoms with Crippen molar-refractivity contribution in [2.45, 2.75) is 6.92 Å². The van der Waals surface area contributed by atoms with Crippen molar-refractivity contribution >= 4 is 34.5 Å². The predicted molar refractivity (Wildman–Crippen MR) is 104 cm³/mol. The predicted octanol–water partition coefficient (Wildman–Crippen LogP) is 3.94. The average molecular weight is 380 g/mol. The van der Waals surface area contributed by atoms with Gasteiger partial charge in [-0.05, 0) is 48.9 Å². The van der Waals surface area contributed by atoms with Crippen LogP contribution in [-0.2, 0) is 0 Å². The van der Waals surface area contributed by atoms with E-state index < -0.39 is 16.4 Å². The number of pyridine rings is 1. The molecular formula is C20H16N2O6. The fourth-order valence-electron chi connectivity index (χ4n) is 2.80. The summed E-state index contributed by atoms with van der Waals surface area (Å²) in [5.41, 5.74) is 1.15. The summed E-state index contributed by atoms with van der Waals surface area (Å²) in [5, 5.41) is 31.5. The number of phenols is 2. The number of nitro benzene ring substituents is 1. The van der Waals surface area contributed by atoms with Crippen LogP contribution < -0.4 is 4.74 Å². The first kappa shape index (κ1) is 18.8. The highest BCUT2D eigenvalue weighted by Crippen LogP contribution is 2.37. The van der Waals surface area contributed by atoms with Gasteiger partial charge in [0.15, 0.2) is 11.5 Å². The van der Waals surface area contributed by atoms with Gasteiger partial charge in [-0.1, -0.05) is 6.08 Å². The van der Waals surface area contributed by atoms with Crippen LogP contribution >= 0.6 is 0 Å². The van der Waals surface area contributed by atoms with Crippen molar-refractivity contribution in [2.24, 2.45) is 0 Å². The van der Waals surface area contributed by atoms with E-state index in [9.17, 15) is 25.1 Å². The number of Topliss-reactive ketones (excluding diaryl/α,β-unsaturated/α-hetero) is 1. The number of hydrogen-bond donors (Lipinski definition) is 2. The van der Waals surface area contributed by atoms with Gasteiger partial charge < -0.3 is 14.9 Å². The number of aromatic hydroxyl groups is 2. The summed E-state index contributed by atoms with van der Waals surface area (Å²) < 4.78 is 4.97. The minimum atomic E-state index is -0.704. The molecular weight excluding hydrogens is 364 g/mol. The van der Waals surface area contributed by atoms with Crippen LogP contribution in [0.15, 0.2) is 36.4 Å². The number of ether oxygens (including phenoxy) is 1. The third kappa shape index (κ3) is 3.48. The highest BCUT2D eigenvalue weighted by Gasteiger charge is 2.19. The normalized spacial score (nSPS) is 11.1. The zero-order valence-corrected chi connectivity index (χ0v) is 15.0. The van der Waals surface area contributed by atoms with Gasteiger partial charge in [0, 0.05) is 17.0 Å². The molecule has 0 aliphatic heterocycles. The van der Waals surface area contributed by atoms with Crippen molar-refractivity contribution in [3.63, 3.8) is 0 Å². The molecule has 0 radical (unpaired) electrons. The Kier molecular flexibility index (Phi) is 4.95. The molecule has 0 saturated heterocycles. The van der Waals surface area contributed by atoms with Crippen LogP contribution in [0.5, 0.6) is 17.2 Å². The first-order chi connectivity index (χ1) is 13.3. The van der Waals surface area contributed by atoms with Crippen LogP contribution in [0.25, 0.3) is 23.1 Å². The van der Waals surface area contributed by atoms with Crippen molar-refractivity contribution in [2.75, 3.05) is 7.11 Å². The van der Waals surface area contributed by atoms with Crippen molar-refractivity contribution in [3.05, 3.63) is 63.3 Å². The summed E-state index contributed by atoms with van der Waals surface area (Å²) in [6.07, 6.45) is 3.16. The molecule has 0 fully saturated rings. The number of rotatable bonds is 5. The molecule has 0 aliphatic rings. The van der Waals surface area contributed by atoms with Crippen molar-refractivity contribution in [1.29, 1.82) is 0 Å². The zero-order chi connectivity index (χ0) is 20.4. The monoisotopic (exact) mass is 380 g/mol. The van der Waals surface area contributed by atoms with Crippen LogP contribution in [0.2, 0.25) is 0 Å². The number of nitrogens with zero attached hydrogens (tertiary/aromatic N) is 2. The van der Waals surface area contributed by atoms with Crippen molar-refractivity contribution in [3.8, 4) is 17.2 Å². The maximum absolute atomic E-state index is 11.7. The Labute approximate surface area is 159 Å². The molecule has 3 aromatic rings. The number of hydrogen-bond acceptors (Lipinski definition) is 7. The van der Waals surface area contributed by atoms with Gasteiger partial charge >= 0.3 is 5.69 Å². The Morgan fingerprint density at radius 2 is 1.93 bits per heavy atom. The summed E-state index contributed by atoms with van der Waals surface area (Å²) in [7, 11) is 1.30. The number of ketones is 1. The molecule has 0 aliphatic carbocycles. The number of phenolic OH excluding ortho intramolecular Hbond substituents is 2. The van der Waals surface area contributed by atoms with Crippen LogP contribution in [0.3, 0.4) is 0 Å². The third-order valence-corrected chi connectivity index (χ3v) is 4.18. The molecule has 0 bridgehead atoms. The smallest absolute Gasteiger partial charge is 0.315 e. The zero-order valence-electron chi connectivity index (χ0n) is 15.0. The topological polar surface area (TPSA) is 123 Å². The average Bonchev–Trinajstić information content (AvgIpc) is 2.67. The molecule has 0 atom stereocenters. The van der Waals surface area contributed by atoms with E-state index in [0.717, 1.165) is 0 Å². The summed E-state index contributed by atoms with van der Waals surface area (Å²) in [5.74, 6) is -0.769. The molecule has 3 rings (SSSR count). The lowest BCUT2D eigenvalue weighted by Crippen LogP contribution is -1.95. The molecule has 0 unspecified atom stereocenters. The first-order valence-electron chi connectivity index (χ1n) is 8.19. The molecule has 8 heteroatoms. The fraction of sp³-hybridized carbons (Fsp3) is 0.100. The van der Waals surface area contributed by atoms with Crippen molar-refractivity contribution < 1.29 is 24.7 Å². The van der Waals surface area contributed by atoms with E-state index in [2.05, 4.69) is 4.98 Å². The maximum atomic E-state index is 11.7. The van der Waals surface area contributed by atoms with Gasteiger partial charge in [0.2, 0.25) is 5.75 Å². The quantitative estimate of drug-likeness (QED) is 0.390. The number of aromatic nitrogens is 1. The van der Waals surface area contributed by atoms with Gasteiger partial charge in [0.05, 0.1) is 17.7 Å². The van der Waals surface area contributed by atoms with Gasteiger partial charge in [-0.3, -0.25) is 14.9 Å². The van der Waals surface area contributed by atoms with Crippen LogP contribution in [0.1, 0.15) is 28.5 Å². The SMILES string of the molecule is COc1cc(C=Cc2ccc3c(C(C)=O)ccc(O)c3n2)cc([N+](=O)[O-])c1O. The Morgan fingerprint density at radius 3 is 2.57 bits per heavy atom. The van der Waals surface area contributed by atoms with Gasteiger partial charge in [0.1, 0.15) is 11.3 Å². The number of fused-ring (bicyclic) bond motifs is 1. The second-order valence-corrected chi connectivity index (χ2v) is 6.00. The minimum absolute atomic E-state index is 0.0240. The lowest BCUT2D eigenvalue weighted by Gasteiger charge is -2.06. The highest BCUT2D eigenvalue weighted by molar-refractivity contribution is 6.07. The largest absolute Gasteiger partial charge is 0.506 e. The Morgan fingerprint density at radius 1 is 1.18 bits per heavy atom. The van der Waals surface area contributed by atoms with Gasteiger partial charge in [-0.2, -0.15) is 0 Å². The van der Waals surface area contributed by atoms with E-state index >= 15 is 0 Å². The van der Waals surface area contributed by atoms with Crippen LogP contribution in [0.4, 0.5) is 5.69 Å². The summed E-state index contributed by atoms with van der Waals surface area (Å²) in [6, 6.07) is 8.95. The Balaban J connectivity index is 2.04. The molecule has 8 nitrogen and oxygen atoms in total. The Hall–Kier alpha value is -3.94. The second-order valence-electron chi connectivity index (χ2n) is 6.00. The van der Waals surface area contributed by atoms with E-state index in [4.69, 9.17) is 4.74 Å². The van der Waals surface area contributed by atoms with E-state index in [1.807, 2.05) is 0 Å². The summed E-state index contributed by atoms with van der Waals surface area (Å²) in [4.78, 5) is 26.5. The van der Waals surface area contributed by atoms with E-state index in [0.29, 0.717) is 22.2 Å². The Bertz CT molecular complexity index is 1140. The summed E-state index contributed by atoms with van der Waals surface area (Å²) >= 11 is 0. The molecule has 0 amide bonds.